The van der Waals surface area contributed by atoms with Crippen LogP contribution in [0.25, 0.3) is 0 Å². The quantitative estimate of drug-likeness (QED) is 0.145. The van der Waals surface area contributed by atoms with Gasteiger partial charge in [0, 0.05) is 31.4 Å². The molecule has 0 bridgehead atoms. The van der Waals surface area contributed by atoms with E-state index in [0.717, 1.165) is 42.8 Å². The Balaban J connectivity index is 1.75. The van der Waals surface area contributed by atoms with Crippen molar-refractivity contribution in [3.63, 3.8) is 0 Å². The van der Waals surface area contributed by atoms with E-state index in [-0.39, 0.29) is 28.7 Å². The highest BCUT2D eigenvalue weighted by Gasteiger charge is 2.66. The van der Waals surface area contributed by atoms with Gasteiger partial charge in [0.2, 0.25) is 5.91 Å². The largest absolute Gasteiger partial charge is 0.477 e. The van der Waals surface area contributed by atoms with Crippen molar-refractivity contribution in [3.05, 3.63) is 33.5 Å². The van der Waals surface area contributed by atoms with E-state index in [0.29, 0.717) is 0 Å². The maximum atomic E-state index is 12.9. The molecule has 2 aliphatic heterocycles. The van der Waals surface area contributed by atoms with Crippen molar-refractivity contribution in [2.75, 3.05) is 25.2 Å². The molecule has 0 aliphatic carbocycles. The number of aliphatic carboxylic acids is 1. The number of hydrogen-bond acceptors (Lipinski definition) is 11. The molecule has 0 spiro atoms. The van der Waals surface area contributed by atoms with Gasteiger partial charge in [-0.15, -0.1) is 11.8 Å². The first-order chi connectivity index (χ1) is 15.5. The number of carbonyl (C=O) groups is 4. The molecule has 1 aromatic rings. The summed E-state index contributed by atoms with van der Waals surface area (Å²) in [5.41, 5.74) is -2.10. The van der Waals surface area contributed by atoms with Crippen LogP contribution in [0.15, 0.2) is 32.9 Å². The molecule has 2 amide bonds. The first-order valence-electron chi connectivity index (χ1n) is 9.04. The molecule has 3 atom stereocenters. The predicted octanol–water partition coefficient (Wildman–Crippen LogP) is -0.429. The van der Waals surface area contributed by atoms with Gasteiger partial charge in [-0.2, -0.15) is 0 Å². The molecule has 178 valence electrons. The third kappa shape index (κ3) is 4.49. The molecule has 16 heteroatoms. The van der Waals surface area contributed by atoms with E-state index >= 15 is 0 Å². The highest BCUT2D eigenvalue weighted by molar-refractivity contribution is 8.00. The lowest BCUT2D eigenvalue weighted by molar-refractivity contribution is -0.403. The summed E-state index contributed by atoms with van der Waals surface area (Å²) in [6.07, 6.45) is 0. The van der Waals surface area contributed by atoms with Crippen LogP contribution in [0.5, 0.6) is 0 Å². The third-order valence-electron chi connectivity index (χ3n) is 4.64. The number of fused-ring (bicyclic) bond motifs is 1. The zero-order chi connectivity index (χ0) is 24.5. The van der Waals surface area contributed by atoms with Crippen LogP contribution >= 0.6 is 11.8 Å². The fourth-order valence-corrected chi connectivity index (χ4v) is 5.48. The minimum absolute atomic E-state index is 0.0757. The Morgan fingerprint density at radius 3 is 2.70 bits per heavy atom. The van der Waals surface area contributed by atoms with Crippen LogP contribution in [0, 0.1) is 10.1 Å². The van der Waals surface area contributed by atoms with Gasteiger partial charge in [-0.1, -0.05) is 0 Å². The maximum absolute atomic E-state index is 12.9. The molecule has 2 N–H and O–H groups in total. The van der Waals surface area contributed by atoms with Gasteiger partial charge in [0.05, 0.1) is 16.9 Å². The summed E-state index contributed by atoms with van der Waals surface area (Å²) < 4.78 is 27.2. The first-order valence-corrected chi connectivity index (χ1v) is 11.4. The standard InChI is InChI=1S/C17H17N3O11S2/c1-8(21)30-5-9-6-32-16-17(29-2,15(25)19(16)13(9)14(23)24)18-10(22)7-33(28)12-4-3-11(31-12)20(26)27/h3-4,16H,5-7H2,1-2H3,(H,18,22)(H,23,24)/t16-,17-,33?/m0/s1. The van der Waals surface area contributed by atoms with Gasteiger partial charge in [0.15, 0.2) is 5.09 Å². The molecule has 1 fully saturated rings. The molecular formula is C17H17N3O11S2. The van der Waals surface area contributed by atoms with Crippen molar-refractivity contribution in [3.8, 4) is 0 Å². The monoisotopic (exact) mass is 503 g/mol. The molecule has 33 heavy (non-hydrogen) atoms. The summed E-state index contributed by atoms with van der Waals surface area (Å²) in [5.74, 6) is -5.09. The summed E-state index contributed by atoms with van der Waals surface area (Å²) >= 11 is 1.08. The van der Waals surface area contributed by atoms with Crippen molar-refractivity contribution in [1.29, 1.82) is 0 Å². The summed E-state index contributed by atoms with van der Waals surface area (Å²) in [4.78, 5) is 59.0. The van der Waals surface area contributed by atoms with Crippen LogP contribution in [-0.2, 0) is 39.5 Å². The van der Waals surface area contributed by atoms with E-state index in [9.17, 15) is 38.6 Å². The average molecular weight is 503 g/mol. The van der Waals surface area contributed by atoms with Gasteiger partial charge in [0.25, 0.3) is 11.6 Å². The van der Waals surface area contributed by atoms with Gasteiger partial charge in [-0.05, 0) is 0 Å². The summed E-state index contributed by atoms with van der Waals surface area (Å²) in [7, 11) is -0.954. The smallest absolute Gasteiger partial charge is 0.434 e. The van der Waals surface area contributed by atoms with Crippen LogP contribution in [0.1, 0.15) is 6.92 Å². The molecule has 0 radical (unpaired) electrons. The van der Waals surface area contributed by atoms with Crippen LogP contribution < -0.4 is 5.32 Å². The van der Waals surface area contributed by atoms with Crippen LogP contribution in [0.2, 0.25) is 0 Å². The number of rotatable bonds is 9. The minimum Gasteiger partial charge on any atom is -0.477 e. The number of amides is 2. The van der Waals surface area contributed by atoms with Crippen molar-refractivity contribution in [2.45, 2.75) is 23.1 Å². The number of nitro groups is 1. The maximum Gasteiger partial charge on any atom is 0.434 e. The number of carboxylic acid groups (broad SMARTS) is 1. The van der Waals surface area contributed by atoms with Crippen molar-refractivity contribution in [1.82, 2.24) is 10.2 Å². The SMILES string of the molecule is CO[C@@]1(NC(=O)CS(=O)c2ccc([N+](=O)[O-])o2)C(=O)N2C(C(=O)O)=C(COC(C)=O)CS[C@H]21. The lowest BCUT2D eigenvalue weighted by Gasteiger charge is -2.55. The Morgan fingerprint density at radius 1 is 1.45 bits per heavy atom. The number of nitrogens with one attached hydrogen (secondary N) is 1. The van der Waals surface area contributed by atoms with Gasteiger partial charge in [-0.3, -0.25) is 33.6 Å². The van der Waals surface area contributed by atoms with E-state index in [1.54, 1.807) is 0 Å². The lowest BCUT2D eigenvalue weighted by atomic mass is 9.98. The topological polar surface area (TPSA) is 196 Å². The van der Waals surface area contributed by atoms with Gasteiger partial charge in [-0.25, -0.2) is 4.79 Å². The minimum atomic E-state index is -2.09. The second-order valence-electron chi connectivity index (χ2n) is 6.70. The number of nitrogens with zero attached hydrogens (tertiary/aromatic N) is 2. The van der Waals surface area contributed by atoms with Gasteiger partial charge >= 0.3 is 17.8 Å². The molecule has 2 aliphatic rings. The number of carbonyl (C=O) groups excluding carboxylic acids is 3. The molecule has 14 nitrogen and oxygen atoms in total. The summed E-state index contributed by atoms with van der Waals surface area (Å²) in [6.45, 7) is 0.839. The first kappa shape index (κ1) is 24.4. The van der Waals surface area contributed by atoms with Crippen molar-refractivity contribution in [2.24, 2.45) is 0 Å². The number of furan rings is 1. The Bertz CT molecular complexity index is 1100. The number of hydrogen-bond donors (Lipinski definition) is 2. The number of methoxy groups -OCH3 is 1. The molecular weight excluding hydrogens is 486 g/mol. The molecule has 1 saturated heterocycles. The predicted molar refractivity (Wildman–Crippen MR) is 109 cm³/mol. The van der Waals surface area contributed by atoms with E-state index in [1.165, 1.54) is 0 Å². The zero-order valence-corrected chi connectivity index (χ0v) is 18.7. The second kappa shape index (κ2) is 9.32. The number of β-lactam (4-membered cyclic amide) rings is 1. The number of carboxylic acids is 1. The Hall–Kier alpha value is -3.24. The number of ether oxygens (including phenoxy) is 2. The highest BCUT2D eigenvalue weighted by Crippen LogP contribution is 2.46. The van der Waals surface area contributed by atoms with Crippen molar-refractivity contribution < 1.29 is 47.3 Å². The Morgan fingerprint density at radius 2 is 2.15 bits per heavy atom. The Labute approximate surface area is 191 Å². The van der Waals surface area contributed by atoms with Crippen LogP contribution in [0.4, 0.5) is 5.88 Å². The molecule has 3 rings (SSSR count). The van der Waals surface area contributed by atoms with Gasteiger partial charge < -0.3 is 24.3 Å². The Kier molecular flexibility index (Phi) is 6.89. The molecule has 1 aromatic heterocycles. The zero-order valence-electron chi connectivity index (χ0n) is 17.1. The summed E-state index contributed by atoms with van der Waals surface area (Å²) in [6, 6.07) is 2.08. The van der Waals surface area contributed by atoms with E-state index in [4.69, 9.17) is 13.9 Å². The second-order valence-corrected chi connectivity index (χ2v) is 9.15. The molecule has 0 saturated carbocycles. The normalized spacial score (nSPS) is 22.8. The number of esters is 1. The van der Waals surface area contributed by atoms with Crippen molar-refractivity contribution >= 4 is 52.2 Å². The van der Waals surface area contributed by atoms with Gasteiger partial charge in [0.1, 0.15) is 28.4 Å². The summed E-state index contributed by atoms with van der Waals surface area (Å²) in [5, 5.41) is 21.4. The van der Waals surface area contributed by atoms with E-state index in [2.05, 4.69) is 5.32 Å². The highest BCUT2D eigenvalue weighted by atomic mass is 32.2. The fraction of sp³-hybridized carbons (Fsp3) is 0.412. The molecule has 3 heterocycles. The van der Waals surface area contributed by atoms with Crippen LogP contribution in [0.3, 0.4) is 0 Å². The number of thioether (sulfide) groups is 1. The average Bonchev–Trinajstić information content (AvgIpc) is 3.25. The lowest BCUT2D eigenvalue weighted by Crippen LogP contribution is -2.81. The van der Waals surface area contributed by atoms with E-state index in [1.807, 2.05) is 0 Å². The molecule has 0 aromatic carbocycles. The molecule has 1 unspecified atom stereocenters. The van der Waals surface area contributed by atoms with E-state index < -0.39 is 62.2 Å². The fourth-order valence-electron chi connectivity index (χ4n) is 3.21. The third-order valence-corrected chi connectivity index (χ3v) is 7.21. The van der Waals surface area contributed by atoms with Crippen LogP contribution in [-0.4, -0.2) is 79.2 Å².